The van der Waals surface area contributed by atoms with Gasteiger partial charge in [0.2, 0.25) is 11.8 Å². The molecule has 3 amide bonds. The Kier molecular flexibility index (Phi) is 5.08. The molecule has 2 heterocycles. The van der Waals surface area contributed by atoms with Gasteiger partial charge in [-0.05, 0) is 30.5 Å². The second-order valence-electron chi connectivity index (χ2n) is 7.26. The molecule has 1 aromatic carbocycles. The lowest BCUT2D eigenvalue weighted by molar-refractivity contribution is -0.136. The summed E-state index contributed by atoms with van der Waals surface area (Å²) in [4.78, 5) is 37.7. The zero-order valence-electron chi connectivity index (χ0n) is 14.7. The minimum atomic E-state index is -0.716. The summed E-state index contributed by atoms with van der Waals surface area (Å²) in [7, 11) is 0. The number of aliphatic hydroxyl groups excluding tert-OH is 1. The van der Waals surface area contributed by atoms with E-state index >= 15 is 0 Å². The van der Waals surface area contributed by atoms with Crippen LogP contribution in [0.4, 0.5) is 0 Å². The van der Waals surface area contributed by atoms with Gasteiger partial charge < -0.3 is 21.1 Å². The Morgan fingerprint density at radius 1 is 1.38 bits per heavy atom. The summed E-state index contributed by atoms with van der Waals surface area (Å²) in [6, 6.07) is 4.89. The lowest BCUT2D eigenvalue weighted by Crippen LogP contribution is -2.52. The van der Waals surface area contributed by atoms with Gasteiger partial charge in [-0.2, -0.15) is 0 Å². The van der Waals surface area contributed by atoms with Gasteiger partial charge >= 0.3 is 0 Å². The molecule has 2 aliphatic rings. The quantitative estimate of drug-likeness (QED) is 0.495. The summed E-state index contributed by atoms with van der Waals surface area (Å²) in [6.45, 7) is 2.90. The SMILES string of the molecule is CC(N)(CO)CNCc1cccc2c1CN(C1CCC(=O)NC1=O)C2=O. The Morgan fingerprint density at radius 2 is 2.15 bits per heavy atom. The van der Waals surface area contributed by atoms with Crippen molar-refractivity contribution in [3.8, 4) is 0 Å². The van der Waals surface area contributed by atoms with Gasteiger partial charge in [-0.3, -0.25) is 19.7 Å². The molecule has 2 aliphatic heterocycles. The van der Waals surface area contributed by atoms with Gasteiger partial charge in [-0.25, -0.2) is 0 Å². The number of fused-ring (bicyclic) bond motifs is 1. The number of carbonyl (C=O) groups excluding carboxylic acids is 3. The fourth-order valence-electron chi connectivity index (χ4n) is 3.35. The minimum Gasteiger partial charge on any atom is -0.394 e. The average Bonchev–Trinajstić information content (AvgIpc) is 2.93. The molecule has 140 valence electrons. The Labute approximate surface area is 151 Å². The van der Waals surface area contributed by atoms with E-state index in [4.69, 9.17) is 5.73 Å². The third-order valence-electron chi connectivity index (χ3n) is 4.88. The van der Waals surface area contributed by atoms with Crippen LogP contribution < -0.4 is 16.4 Å². The van der Waals surface area contributed by atoms with Crippen molar-refractivity contribution in [1.29, 1.82) is 0 Å². The number of benzene rings is 1. The second-order valence-corrected chi connectivity index (χ2v) is 7.26. The third kappa shape index (κ3) is 3.62. The molecule has 0 aromatic heterocycles. The van der Waals surface area contributed by atoms with E-state index in [-0.39, 0.29) is 24.8 Å². The van der Waals surface area contributed by atoms with Crippen LogP contribution in [0.3, 0.4) is 0 Å². The summed E-state index contributed by atoms with van der Waals surface area (Å²) in [5.74, 6) is -0.895. The number of hydrogen-bond donors (Lipinski definition) is 4. The molecule has 0 saturated carbocycles. The molecular formula is C18H24N4O4. The fourth-order valence-corrected chi connectivity index (χ4v) is 3.35. The van der Waals surface area contributed by atoms with Crippen LogP contribution in [0.1, 0.15) is 41.3 Å². The van der Waals surface area contributed by atoms with Gasteiger partial charge in [0.1, 0.15) is 6.04 Å². The molecule has 26 heavy (non-hydrogen) atoms. The first kappa shape index (κ1) is 18.5. The van der Waals surface area contributed by atoms with Gasteiger partial charge in [0.05, 0.1) is 6.61 Å². The van der Waals surface area contributed by atoms with Gasteiger partial charge in [0.15, 0.2) is 0 Å². The van der Waals surface area contributed by atoms with E-state index in [1.54, 1.807) is 13.0 Å². The lowest BCUT2D eigenvalue weighted by atomic mass is 10.0. The lowest BCUT2D eigenvalue weighted by Gasteiger charge is -2.29. The Bertz CT molecular complexity index is 747. The van der Waals surface area contributed by atoms with E-state index in [1.165, 1.54) is 4.90 Å². The van der Waals surface area contributed by atoms with Crippen LogP contribution in [0.25, 0.3) is 0 Å². The highest BCUT2D eigenvalue weighted by molar-refractivity contribution is 6.05. The van der Waals surface area contributed by atoms with Crippen LogP contribution >= 0.6 is 0 Å². The van der Waals surface area contributed by atoms with Gasteiger partial charge in [-0.15, -0.1) is 0 Å². The Hall–Kier alpha value is -2.29. The van der Waals surface area contributed by atoms with Crippen molar-refractivity contribution in [3.63, 3.8) is 0 Å². The van der Waals surface area contributed by atoms with E-state index in [2.05, 4.69) is 10.6 Å². The molecule has 5 N–H and O–H groups in total. The maximum atomic E-state index is 12.7. The number of nitrogens with zero attached hydrogens (tertiary/aromatic N) is 1. The number of amides is 3. The molecule has 1 saturated heterocycles. The largest absolute Gasteiger partial charge is 0.394 e. The topological polar surface area (TPSA) is 125 Å². The number of rotatable bonds is 6. The first-order valence-electron chi connectivity index (χ1n) is 8.68. The van der Waals surface area contributed by atoms with Crippen molar-refractivity contribution in [2.45, 2.75) is 44.4 Å². The van der Waals surface area contributed by atoms with Crippen LogP contribution in [0.5, 0.6) is 0 Å². The standard InChI is InChI=1S/C18H24N4O4/c1-18(19,10-23)9-20-7-11-3-2-4-12-13(11)8-22(17(12)26)14-5-6-15(24)21-16(14)25/h2-4,14,20,23H,5-10,19H2,1H3,(H,21,24,25). The second kappa shape index (κ2) is 7.14. The summed E-state index contributed by atoms with van der Waals surface area (Å²) >= 11 is 0. The van der Waals surface area contributed by atoms with Gasteiger partial charge in [0.25, 0.3) is 5.91 Å². The van der Waals surface area contributed by atoms with Gasteiger partial charge in [0, 0.05) is 37.2 Å². The third-order valence-corrected chi connectivity index (χ3v) is 4.88. The number of nitrogens with two attached hydrogens (primary N) is 1. The first-order valence-corrected chi connectivity index (χ1v) is 8.68. The van der Waals surface area contributed by atoms with Crippen molar-refractivity contribution in [2.24, 2.45) is 5.73 Å². The zero-order chi connectivity index (χ0) is 18.9. The van der Waals surface area contributed by atoms with E-state index in [0.29, 0.717) is 31.6 Å². The molecule has 0 aliphatic carbocycles. The maximum absolute atomic E-state index is 12.7. The predicted octanol–water partition coefficient (Wildman–Crippen LogP) is -0.753. The fraction of sp³-hybridized carbons (Fsp3) is 0.500. The maximum Gasteiger partial charge on any atom is 0.255 e. The molecule has 1 aromatic rings. The summed E-state index contributed by atoms with van der Waals surface area (Å²) in [6.07, 6.45) is 0.585. The molecule has 2 atom stereocenters. The molecular weight excluding hydrogens is 336 g/mol. The number of nitrogens with one attached hydrogen (secondary N) is 2. The number of piperidine rings is 1. The van der Waals surface area contributed by atoms with Crippen LogP contribution in [0, 0.1) is 0 Å². The van der Waals surface area contributed by atoms with E-state index in [9.17, 15) is 19.5 Å². The van der Waals surface area contributed by atoms with Crippen molar-refractivity contribution in [2.75, 3.05) is 13.2 Å². The van der Waals surface area contributed by atoms with E-state index in [1.807, 2.05) is 12.1 Å². The number of aliphatic hydroxyl groups is 1. The molecule has 3 rings (SSSR count). The zero-order valence-corrected chi connectivity index (χ0v) is 14.7. The van der Waals surface area contributed by atoms with Crippen molar-refractivity contribution < 1.29 is 19.5 Å². The van der Waals surface area contributed by atoms with E-state index < -0.39 is 17.5 Å². The number of imide groups is 1. The van der Waals surface area contributed by atoms with Crippen molar-refractivity contribution in [1.82, 2.24) is 15.5 Å². The molecule has 0 bridgehead atoms. The number of hydrogen-bond acceptors (Lipinski definition) is 6. The normalized spacial score (nSPS) is 22.2. The molecule has 1 fully saturated rings. The average molecular weight is 360 g/mol. The van der Waals surface area contributed by atoms with Crippen LogP contribution in [-0.2, 0) is 22.7 Å². The highest BCUT2D eigenvalue weighted by Gasteiger charge is 2.39. The molecule has 2 unspecified atom stereocenters. The highest BCUT2D eigenvalue weighted by atomic mass is 16.3. The minimum absolute atomic E-state index is 0.130. The predicted molar refractivity (Wildman–Crippen MR) is 93.9 cm³/mol. The van der Waals surface area contributed by atoms with Crippen LogP contribution in [0.2, 0.25) is 0 Å². The van der Waals surface area contributed by atoms with Crippen LogP contribution in [-0.4, -0.2) is 52.5 Å². The van der Waals surface area contributed by atoms with Gasteiger partial charge in [-0.1, -0.05) is 12.1 Å². The Morgan fingerprint density at radius 3 is 2.85 bits per heavy atom. The monoisotopic (exact) mass is 360 g/mol. The summed E-state index contributed by atoms with van der Waals surface area (Å²) < 4.78 is 0. The Balaban J connectivity index is 1.73. The molecule has 8 heteroatoms. The highest BCUT2D eigenvalue weighted by Crippen LogP contribution is 2.29. The molecule has 0 radical (unpaired) electrons. The first-order chi connectivity index (χ1) is 12.3. The van der Waals surface area contributed by atoms with Crippen molar-refractivity contribution >= 4 is 17.7 Å². The van der Waals surface area contributed by atoms with Crippen LogP contribution in [0.15, 0.2) is 18.2 Å². The van der Waals surface area contributed by atoms with Crippen molar-refractivity contribution in [3.05, 3.63) is 34.9 Å². The molecule has 0 spiro atoms. The summed E-state index contributed by atoms with van der Waals surface area (Å²) in [5.41, 5.74) is 7.63. The summed E-state index contributed by atoms with van der Waals surface area (Å²) in [5, 5.41) is 14.7. The van der Waals surface area contributed by atoms with E-state index in [0.717, 1.165) is 11.1 Å². The number of carbonyl (C=O) groups is 3. The molecule has 8 nitrogen and oxygen atoms in total. The smallest absolute Gasteiger partial charge is 0.255 e.